The Morgan fingerprint density at radius 3 is 2.71 bits per heavy atom. The van der Waals surface area contributed by atoms with E-state index < -0.39 is 15.8 Å². The maximum Gasteiger partial charge on any atom is 0.260 e. The van der Waals surface area contributed by atoms with Gasteiger partial charge in [-0.2, -0.15) is 0 Å². The van der Waals surface area contributed by atoms with E-state index >= 15 is 0 Å². The second-order valence-electron chi connectivity index (χ2n) is 6.25. The third-order valence-electron chi connectivity index (χ3n) is 4.15. The highest BCUT2D eigenvalue weighted by atomic mass is 35.5. The molecule has 0 aromatic heterocycles. The summed E-state index contributed by atoms with van der Waals surface area (Å²) in [4.78, 5) is 13.7. The van der Waals surface area contributed by atoms with E-state index in [0.717, 1.165) is 17.7 Å². The van der Waals surface area contributed by atoms with Gasteiger partial charge in [-0.3, -0.25) is 4.79 Å². The summed E-state index contributed by atoms with van der Waals surface area (Å²) in [5.41, 5.74) is 1.04. The number of amides is 1. The van der Waals surface area contributed by atoms with Gasteiger partial charge in [0.05, 0.1) is 5.75 Å². The summed E-state index contributed by atoms with van der Waals surface area (Å²) in [6, 6.07) is 8.62. The quantitative estimate of drug-likeness (QED) is 0.739. The maximum atomic E-state index is 13.1. The van der Waals surface area contributed by atoms with Gasteiger partial charge >= 0.3 is 0 Å². The first kappa shape index (κ1) is 20.9. The fraction of sp³-hybridized carbons (Fsp3) is 0.278. The molecule has 1 aliphatic heterocycles. The summed E-state index contributed by atoms with van der Waals surface area (Å²) in [6.07, 6.45) is 0. The van der Waals surface area contributed by atoms with Gasteiger partial charge in [0, 0.05) is 35.2 Å². The van der Waals surface area contributed by atoms with Crippen molar-refractivity contribution in [3.8, 4) is 5.75 Å². The average Bonchev–Trinajstić information content (AvgIpc) is 2.76. The molecular weight excluding hydrogens is 430 g/mol. The zero-order valence-corrected chi connectivity index (χ0v) is 17.0. The van der Waals surface area contributed by atoms with Crippen LogP contribution in [0.5, 0.6) is 5.75 Å². The Kier molecular flexibility index (Phi) is 6.44. The van der Waals surface area contributed by atoms with Gasteiger partial charge < -0.3 is 9.64 Å². The molecule has 1 aliphatic rings. The molecule has 10 heteroatoms. The summed E-state index contributed by atoms with van der Waals surface area (Å²) in [5, 5.41) is 0.562. The van der Waals surface area contributed by atoms with Crippen LogP contribution in [0.25, 0.3) is 0 Å². The van der Waals surface area contributed by atoms with E-state index in [4.69, 9.17) is 27.9 Å². The van der Waals surface area contributed by atoms with Crippen LogP contribution in [0, 0.1) is 5.82 Å². The molecule has 6 nitrogen and oxygen atoms in total. The second kappa shape index (κ2) is 8.65. The second-order valence-corrected chi connectivity index (χ2v) is 8.90. The van der Waals surface area contributed by atoms with Crippen molar-refractivity contribution < 1.29 is 22.3 Å². The number of carbonyl (C=O) groups is 1. The number of hydrogen-bond donors (Lipinski definition) is 1. The van der Waals surface area contributed by atoms with Gasteiger partial charge in [0.25, 0.3) is 5.91 Å². The van der Waals surface area contributed by atoms with Gasteiger partial charge in [-0.05, 0) is 35.9 Å². The molecule has 2 aromatic carbocycles. The Balaban J connectivity index is 1.60. The monoisotopic (exact) mass is 446 g/mol. The van der Waals surface area contributed by atoms with Crippen LogP contribution in [0.4, 0.5) is 4.39 Å². The van der Waals surface area contributed by atoms with Crippen LogP contribution in [0.3, 0.4) is 0 Å². The lowest BCUT2D eigenvalue weighted by molar-refractivity contribution is -0.133. The SMILES string of the molecule is O=C1COc2ccc(Cl)cc2CN1CCNS(=O)(=O)Cc1ccc(F)cc1Cl. The highest BCUT2D eigenvalue weighted by Crippen LogP contribution is 2.26. The van der Waals surface area contributed by atoms with E-state index in [9.17, 15) is 17.6 Å². The standard InChI is InChI=1S/C18H17Cl2FN2O4S/c19-14-2-4-17-13(7-14)9-23(18(24)10-27-17)6-5-22-28(25,26)11-12-1-3-15(21)8-16(12)20/h1-4,7-8,22H,5-6,9-11H2. The van der Waals surface area contributed by atoms with Crippen molar-refractivity contribution in [3.63, 3.8) is 0 Å². The van der Waals surface area contributed by atoms with E-state index in [1.807, 2.05) is 0 Å². The first-order chi connectivity index (χ1) is 13.2. The normalized spacial score (nSPS) is 14.4. The molecule has 1 heterocycles. The molecule has 0 atom stereocenters. The first-order valence-electron chi connectivity index (χ1n) is 8.34. The molecule has 0 aliphatic carbocycles. The zero-order chi connectivity index (χ0) is 20.3. The molecule has 1 amide bonds. The summed E-state index contributed by atoms with van der Waals surface area (Å²) in [6.45, 7) is 0.306. The topological polar surface area (TPSA) is 75.7 Å². The van der Waals surface area contributed by atoms with Gasteiger partial charge in [0.2, 0.25) is 10.0 Å². The van der Waals surface area contributed by atoms with Gasteiger partial charge in [-0.1, -0.05) is 29.3 Å². The van der Waals surface area contributed by atoms with Crippen LogP contribution >= 0.6 is 23.2 Å². The zero-order valence-electron chi connectivity index (χ0n) is 14.6. The van der Waals surface area contributed by atoms with Crippen LogP contribution < -0.4 is 9.46 Å². The number of fused-ring (bicyclic) bond motifs is 1. The van der Waals surface area contributed by atoms with Crippen molar-refractivity contribution >= 4 is 39.1 Å². The fourth-order valence-electron chi connectivity index (χ4n) is 2.77. The minimum atomic E-state index is -3.71. The lowest BCUT2D eigenvalue weighted by Gasteiger charge is -2.20. The van der Waals surface area contributed by atoms with Crippen LogP contribution in [-0.4, -0.2) is 38.9 Å². The van der Waals surface area contributed by atoms with Gasteiger partial charge in [-0.15, -0.1) is 0 Å². The number of ether oxygens (including phenoxy) is 1. The molecule has 28 heavy (non-hydrogen) atoms. The molecule has 0 saturated heterocycles. The van der Waals surface area contributed by atoms with Crippen molar-refractivity contribution in [2.45, 2.75) is 12.3 Å². The Hall–Kier alpha value is -1.87. The van der Waals surface area contributed by atoms with Crippen LogP contribution in [-0.2, 0) is 27.1 Å². The number of sulfonamides is 1. The summed E-state index contributed by atoms with van der Waals surface area (Å²) in [5.74, 6) is -0.608. The van der Waals surface area contributed by atoms with Gasteiger partial charge in [-0.25, -0.2) is 17.5 Å². The number of halogens is 3. The highest BCUT2D eigenvalue weighted by Gasteiger charge is 2.22. The maximum absolute atomic E-state index is 13.1. The molecule has 0 saturated carbocycles. The largest absolute Gasteiger partial charge is 0.483 e. The molecule has 0 fully saturated rings. The molecule has 2 aromatic rings. The summed E-state index contributed by atoms with van der Waals surface area (Å²) >= 11 is 11.9. The number of rotatable bonds is 6. The third kappa shape index (κ3) is 5.35. The van der Waals surface area contributed by atoms with E-state index in [2.05, 4.69) is 4.72 Å². The number of benzene rings is 2. The molecular formula is C18H17Cl2FN2O4S. The van der Waals surface area contributed by atoms with Crippen molar-refractivity contribution in [2.75, 3.05) is 19.7 Å². The lowest BCUT2D eigenvalue weighted by atomic mass is 10.2. The molecule has 0 bridgehead atoms. The van der Waals surface area contributed by atoms with Crippen LogP contribution in [0.2, 0.25) is 10.0 Å². The fourth-order valence-corrected chi connectivity index (χ4v) is 4.44. The predicted octanol–water partition coefficient (Wildman–Crippen LogP) is 2.97. The van der Waals surface area contributed by atoms with Crippen LogP contribution in [0.15, 0.2) is 36.4 Å². The smallest absolute Gasteiger partial charge is 0.260 e. The number of nitrogens with one attached hydrogen (secondary N) is 1. The Morgan fingerprint density at radius 2 is 1.96 bits per heavy atom. The Morgan fingerprint density at radius 1 is 1.18 bits per heavy atom. The first-order valence-corrected chi connectivity index (χ1v) is 10.7. The average molecular weight is 447 g/mol. The Labute approximate surface area is 172 Å². The highest BCUT2D eigenvalue weighted by molar-refractivity contribution is 7.88. The van der Waals surface area contributed by atoms with Crippen LogP contribution in [0.1, 0.15) is 11.1 Å². The molecule has 1 N–H and O–H groups in total. The van der Waals surface area contributed by atoms with Crippen molar-refractivity contribution in [1.29, 1.82) is 0 Å². The van der Waals surface area contributed by atoms with E-state index in [1.54, 1.807) is 18.2 Å². The van der Waals surface area contributed by atoms with Crippen molar-refractivity contribution in [2.24, 2.45) is 0 Å². The number of hydrogen-bond acceptors (Lipinski definition) is 4. The van der Waals surface area contributed by atoms with Crippen molar-refractivity contribution in [1.82, 2.24) is 9.62 Å². The minimum absolute atomic E-state index is 0.0167. The molecule has 0 spiro atoms. The summed E-state index contributed by atoms with van der Waals surface area (Å²) < 4.78 is 45.5. The third-order valence-corrected chi connectivity index (χ3v) is 6.07. The van der Waals surface area contributed by atoms with E-state index in [1.165, 1.54) is 11.0 Å². The van der Waals surface area contributed by atoms with E-state index in [0.29, 0.717) is 16.3 Å². The Bertz CT molecular complexity index is 1000. The van der Waals surface area contributed by atoms with Crippen molar-refractivity contribution in [3.05, 3.63) is 63.4 Å². The van der Waals surface area contributed by atoms with Gasteiger partial charge in [0.15, 0.2) is 6.61 Å². The molecule has 150 valence electrons. The number of carbonyl (C=O) groups excluding carboxylic acids is 1. The predicted molar refractivity (Wildman–Crippen MR) is 104 cm³/mol. The molecule has 0 radical (unpaired) electrons. The van der Waals surface area contributed by atoms with E-state index in [-0.39, 0.29) is 42.9 Å². The molecule has 3 rings (SSSR count). The number of nitrogens with zero attached hydrogens (tertiary/aromatic N) is 1. The van der Waals surface area contributed by atoms with Gasteiger partial charge in [0.1, 0.15) is 11.6 Å². The lowest BCUT2D eigenvalue weighted by Crippen LogP contribution is -2.39. The molecule has 0 unspecified atom stereocenters. The minimum Gasteiger partial charge on any atom is -0.483 e. The summed E-state index contributed by atoms with van der Waals surface area (Å²) in [7, 11) is -3.71.